The van der Waals surface area contributed by atoms with E-state index in [2.05, 4.69) is 38.1 Å². The minimum atomic E-state index is -0.281. The summed E-state index contributed by atoms with van der Waals surface area (Å²) in [4.78, 5) is 11.7. The highest BCUT2D eigenvalue weighted by Crippen LogP contribution is 2.24. The predicted octanol–water partition coefficient (Wildman–Crippen LogP) is 5.02. The summed E-state index contributed by atoms with van der Waals surface area (Å²) in [5.41, 5.74) is 3.94. The predicted molar refractivity (Wildman–Crippen MR) is 92.5 cm³/mol. The fourth-order valence-electron chi connectivity index (χ4n) is 2.35. The smallest absolute Gasteiger partial charge is 0.338 e. The molecular formula is C20H24O3. The van der Waals surface area contributed by atoms with Gasteiger partial charge in [0.1, 0.15) is 0 Å². The number of rotatable bonds is 7. The first kappa shape index (κ1) is 17.2. The molecule has 0 aliphatic rings. The fraction of sp³-hybridized carbons (Fsp3) is 0.350. The Bertz CT molecular complexity index is 614. The van der Waals surface area contributed by atoms with Gasteiger partial charge >= 0.3 is 5.97 Å². The Morgan fingerprint density at radius 3 is 2.04 bits per heavy atom. The van der Waals surface area contributed by atoms with Crippen LogP contribution in [0.5, 0.6) is 0 Å². The summed E-state index contributed by atoms with van der Waals surface area (Å²) in [6.07, 6.45) is 1.13. The summed E-state index contributed by atoms with van der Waals surface area (Å²) in [5, 5.41) is 0. The molecule has 2 aromatic rings. The second-order valence-corrected chi connectivity index (χ2v) is 5.43. The van der Waals surface area contributed by atoms with Crippen LogP contribution in [-0.2, 0) is 9.47 Å². The quantitative estimate of drug-likeness (QED) is 0.674. The zero-order chi connectivity index (χ0) is 16.7. The van der Waals surface area contributed by atoms with Gasteiger partial charge in [0, 0.05) is 6.61 Å². The molecule has 122 valence electrons. The minimum Gasteiger partial charge on any atom is -0.462 e. The minimum absolute atomic E-state index is 0.107. The molecule has 23 heavy (non-hydrogen) atoms. The van der Waals surface area contributed by atoms with Gasteiger partial charge in [0.15, 0.2) is 0 Å². The summed E-state index contributed by atoms with van der Waals surface area (Å²) in [6.45, 7) is 7.15. The Balaban J connectivity index is 2.08. The van der Waals surface area contributed by atoms with Gasteiger partial charge < -0.3 is 9.47 Å². The highest BCUT2D eigenvalue weighted by Gasteiger charge is 2.08. The molecule has 2 rings (SSSR count). The maximum atomic E-state index is 11.7. The monoisotopic (exact) mass is 312 g/mol. The standard InChI is InChI=1S/C20H24O3/c1-4-14-23-15(3)16-6-8-17(9-7-16)18-10-12-19(13-11-18)20(21)22-5-2/h6-13,15H,4-5,14H2,1-3H3. The number of carbonyl (C=O) groups excluding carboxylic acids is 1. The highest BCUT2D eigenvalue weighted by molar-refractivity contribution is 5.90. The van der Waals surface area contributed by atoms with E-state index in [0.29, 0.717) is 12.2 Å². The third-order valence-corrected chi connectivity index (χ3v) is 3.68. The number of esters is 1. The van der Waals surface area contributed by atoms with Crippen LogP contribution in [-0.4, -0.2) is 19.2 Å². The first-order chi connectivity index (χ1) is 11.2. The van der Waals surface area contributed by atoms with E-state index in [0.717, 1.165) is 24.2 Å². The van der Waals surface area contributed by atoms with Gasteiger partial charge in [-0.1, -0.05) is 43.3 Å². The number of benzene rings is 2. The lowest BCUT2D eigenvalue weighted by molar-refractivity contribution is 0.0526. The molecule has 0 aliphatic carbocycles. The molecule has 0 saturated carbocycles. The van der Waals surface area contributed by atoms with Crippen LogP contribution in [0.25, 0.3) is 11.1 Å². The van der Waals surface area contributed by atoms with E-state index in [1.54, 1.807) is 19.1 Å². The topological polar surface area (TPSA) is 35.5 Å². The molecular weight excluding hydrogens is 288 g/mol. The van der Waals surface area contributed by atoms with Crippen molar-refractivity contribution >= 4 is 5.97 Å². The lowest BCUT2D eigenvalue weighted by Crippen LogP contribution is -2.04. The molecule has 3 heteroatoms. The van der Waals surface area contributed by atoms with E-state index in [9.17, 15) is 4.79 Å². The van der Waals surface area contributed by atoms with Crippen LogP contribution in [0.4, 0.5) is 0 Å². The molecule has 1 atom stereocenters. The average Bonchev–Trinajstić information content (AvgIpc) is 2.60. The van der Waals surface area contributed by atoms with E-state index in [-0.39, 0.29) is 12.1 Å². The number of carbonyl (C=O) groups is 1. The summed E-state index contributed by atoms with van der Waals surface area (Å²) in [6, 6.07) is 15.8. The molecule has 0 aromatic heterocycles. The molecule has 0 fully saturated rings. The Hall–Kier alpha value is -2.13. The van der Waals surface area contributed by atoms with Crippen molar-refractivity contribution in [2.24, 2.45) is 0 Å². The zero-order valence-electron chi connectivity index (χ0n) is 14.0. The van der Waals surface area contributed by atoms with Gasteiger partial charge in [0.2, 0.25) is 0 Å². The normalized spacial score (nSPS) is 12.0. The second kappa shape index (κ2) is 8.49. The van der Waals surface area contributed by atoms with Gasteiger partial charge in [-0.25, -0.2) is 4.79 Å². The Labute approximate surface area is 138 Å². The molecule has 0 N–H and O–H groups in total. The summed E-state index contributed by atoms with van der Waals surface area (Å²) in [5.74, 6) is -0.281. The van der Waals surface area contributed by atoms with Crippen LogP contribution < -0.4 is 0 Å². The number of ether oxygens (including phenoxy) is 2. The van der Waals surface area contributed by atoms with Crippen molar-refractivity contribution in [2.75, 3.05) is 13.2 Å². The largest absolute Gasteiger partial charge is 0.462 e. The third kappa shape index (κ3) is 4.67. The maximum absolute atomic E-state index is 11.7. The van der Waals surface area contributed by atoms with E-state index >= 15 is 0 Å². The molecule has 0 bridgehead atoms. The van der Waals surface area contributed by atoms with Gasteiger partial charge in [0.05, 0.1) is 18.3 Å². The average molecular weight is 312 g/mol. The first-order valence-electron chi connectivity index (χ1n) is 8.14. The molecule has 0 amide bonds. The van der Waals surface area contributed by atoms with Gasteiger partial charge in [-0.3, -0.25) is 0 Å². The van der Waals surface area contributed by atoms with Crippen molar-refractivity contribution in [2.45, 2.75) is 33.3 Å². The highest BCUT2D eigenvalue weighted by atomic mass is 16.5. The van der Waals surface area contributed by atoms with Crippen molar-refractivity contribution in [3.8, 4) is 11.1 Å². The van der Waals surface area contributed by atoms with E-state index in [1.165, 1.54) is 5.56 Å². The van der Waals surface area contributed by atoms with Gasteiger partial charge in [-0.15, -0.1) is 0 Å². The van der Waals surface area contributed by atoms with Crippen LogP contribution in [0.15, 0.2) is 48.5 Å². The molecule has 0 spiro atoms. The van der Waals surface area contributed by atoms with Crippen molar-refractivity contribution < 1.29 is 14.3 Å². The molecule has 0 heterocycles. The third-order valence-electron chi connectivity index (χ3n) is 3.68. The van der Waals surface area contributed by atoms with E-state index < -0.39 is 0 Å². The summed E-state index contributed by atoms with van der Waals surface area (Å²) in [7, 11) is 0. The van der Waals surface area contributed by atoms with Gasteiger partial charge in [-0.05, 0) is 49.1 Å². The maximum Gasteiger partial charge on any atom is 0.338 e. The Kier molecular flexibility index (Phi) is 6.36. The van der Waals surface area contributed by atoms with Crippen LogP contribution in [0.1, 0.15) is 49.2 Å². The van der Waals surface area contributed by atoms with Crippen molar-refractivity contribution in [3.05, 3.63) is 59.7 Å². The second-order valence-electron chi connectivity index (χ2n) is 5.43. The number of hydrogen-bond donors (Lipinski definition) is 0. The SMILES string of the molecule is CCCOC(C)c1ccc(-c2ccc(C(=O)OCC)cc2)cc1. The van der Waals surface area contributed by atoms with Crippen molar-refractivity contribution in [3.63, 3.8) is 0 Å². The summed E-state index contributed by atoms with van der Waals surface area (Å²) >= 11 is 0. The van der Waals surface area contributed by atoms with Crippen LogP contribution >= 0.6 is 0 Å². The van der Waals surface area contributed by atoms with Crippen LogP contribution in [0.2, 0.25) is 0 Å². The molecule has 1 unspecified atom stereocenters. The van der Waals surface area contributed by atoms with Crippen LogP contribution in [0.3, 0.4) is 0 Å². The molecule has 0 saturated heterocycles. The lowest BCUT2D eigenvalue weighted by atomic mass is 10.0. The Morgan fingerprint density at radius 2 is 1.52 bits per heavy atom. The van der Waals surface area contributed by atoms with Crippen molar-refractivity contribution in [1.82, 2.24) is 0 Å². The first-order valence-corrected chi connectivity index (χ1v) is 8.14. The van der Waals surface area contributed by atoms with E-state index in [4.69, 9.17) is 9.47 Å². The number of hydrogen-bond acceptors (Lipinski definition) is 3. The van der Waals surface area contributed by atoms with Gasteiger partial charge in [0.25, 0.3) is 0 Å². The molecule has 3 nitrogen and oxygen atoms in total. The Morgan fingerprint density at radius 1 is 0.957 bits per heavy atom. The zero-order valence-corrected chi connectivity index (χ0v) is 14.0. The lowest BCUT2D eigenvalue weighted by Gasteiger charge is -2.13. The van der Waals surface area contributed by atoms with Crippen molar-refractivity contribution in [1.29, 1.82) is 0 Å². The summed E-state index contributed by atoms with van der Waals surface area (Å²) < 4.78 is 10.7. The molecule has 0 radical (unpaired) electrons. The van der Waals surface area contributed by atoms with Gasteiger partial charge in [-0.2, -0.15) is 0 Å². The molecule has 2 aromatic carbocycles. The fourth-order valence-corrected chi connectivity index (χ4v) is 2.35. The van der Waals surface area contributed by atoms with E-state index in [1.807, 2.05) is 12.1 Å². The molecule has 0 aliphatic heterocycles. The van der Waals surface area contributed by atoms with Crippen LogP contribution in [0, 0.1) is 0 Å².